The number of amides is 1. The number of pyridine rings is 1. The monoisotopic (exact) mass is 465 g/mol. The first-order valence-electron chi connectivity index (χ1n) is 10.3. The van der Waals surface area contributed by atoms with Crippen LogP contribution in [0.2, 0.25) is 0 Å². The summed E-state index contributed by atoms with van der Waals surface area (Å²) in [6, 6.07) is 6.47. The topological polar surface area (TPSA) is 130 Å². The highest BCUT2D eigenvalue weighted by Crippen LogP contribution is 2.27. The van der Waals surface area contributed by atoms with E-state index in [1.807, 2.05) is 0 Å². The molecule has 1 saturated heterocycles. The number of nitrogens with one attached hydrogen (secondary N) is 2. The van der Waals surface area contributed by atoms with E-state index in [2.05, 4.69) is 26.8 Å². The molecule has 1 aliphatic heterocycles. The number of nitrogens with zero attached hydrogens (tertiary/aromatic N) is 4. The average Bonchev–Trinajstić information content (AvgIpc) is 3.30. The molecule has 174 valence electrons. The number of rotatable bonds is 7. The van der Waals surface area contributed by atoms with Gasteiger partial charge in [0.1, 0.15) is 18.0 Å². The molecule has 2 aromatic heterocycles. The Morgan fingerprint density at radius 1 is 1.26 bits per heavy atom. The van der Waals surface area contributed by atoms with Crippen molar-refractivity contribution in [2.45, 2.75) is 12.5 Å². The van der Waals surface area contributed by atoms with Crippen LogP contribution in [0.4, 0.5) is 20.4 Å². The van der Waals surface area contributed by atoms with Gasteiger partial charge < -0.3 is 20.7 Å². The Bertz CT molecular complexity index is 1250. The molecule has 1 amide bonds. The summed E-state index contributed by atoms with van der Waals surface area (Å²) in [5.74, 6) is -2.12. The van der Waals surface area contributed by atoms with E-state index in [0.29, 0.717) is 30.9 Å². The Morgan fingerprint density at radius 2 is 2.09 bits per heavy atom. The Balaban J connectivity index is 1.52. The van der Waals surface area contributed by atoms with Gasteiger partial charge in [0.25, 0.3) is 0 Å². The summed E-state index contributed by atoms with van der Waals surface area (Å²) in [6.07, 6.45) is 4.61. The van der Waals surface area contributed by atoms with Gasteiger partial charge in [0.05, 0.1) is 11.3 Å². The van der Waals surface area contributed by atoms with E-state index >= 15 is 0 Å². The number of ether oxygens (including phenoxy) is 1. The molecule has 4 rings (SSSR count). The van der Waals surface area contributed by atoms with E-state index < -0.39 is 11.6 Å². The van der Waals surface area contributed by atoms with Gasteiger partial charge in [0.15, 0.2) is 11.6 Å². The van der Waals surface area contributed by atoms with Crippen molar-refractivity contribution < 1.29 is 18.3 Å². The lowest BCUT2D eigenvalue weighted by Crippen LogP contribution is -2.30. The Morgan fingerprint density at radius 3 is 2.82 bits per heavy atom. The van der Waals surface area contributed by atoms with Crippen LogP contribution in [-0.2, 0) is 4.79 Å². The van der Waals surface area contributed by atoms with Crippen LogP contribution in [0.5, 0.6) is 11.6 Å². The Kier molecular flexibility index (Phi) is 6.44. The van der Waals surface area contributed by atoms with Gasteiger partial charge in [0.2, 0.25) is 17.6 Å². The smallest absolute Gasteiger partial charge is 0.246 e. The third-order valence-electron chi connectivity index (χ3n) is 5.30. The van der Waals surface area contributed by atoms with Crippen molar-refractivity contribution in [2.75, 3.05) is 24.1 Å². The molecule has 4 N–H and O–H groups in total. The van der Waals surface area contributed by atoms with Crippen LogP contribution in [0.1, 0.15) is 17.5 Å². The molecule has 1 fully saturated rings. The van der Waals surface area contributed by atoms with Gasteiger partial charge in [-0.25, -0.2) is 19.3 Å². The number of halogens is 2. The van der Waals surface area contributed by atoms with Gasteiger partial charge in [0, 0.05) is 37.0 Å². The first kappa shape index (κ1) is 22.8. The van der Waals surface area contributed by atoms with Crippen LogP contribution in [0.3, 0.4) is 0 Å². The quantitative estimate of drug-likeness (QED) is 0.361. The van der Waals surface area contributed by atoms with Gasteiger partial charge in [-0.2, -0.15) is 4.39 Å². The lowest BCUT2D eigenvalue weighted by molar-refractivity contribution is -0.125. The second kappa shape index (κ2) is 9.61. The number of benzene rings is 1. The highest BCUT2D eigenvalue weighted by atomic mass is 19.2. The third-order valence-corrected chi connectivity index (χ3v) is 5.30. The molecule has 0 unspecified atom stereocenters. The lowest BCUT2D eigenvalue weighted by Gasteiger charge is -2.18. The van der Waals surface area contributed by atoms with Crippen LogP contribution in [0.15, 0.2) is 55.5 Å². The molecular formula is C23H21F2N7O2. The minimum atomic E-state index is -1.12. The zero-order valence-corrected chi connectivity index (χ0v) is 18.0. The summed E-state index contributed by atoms with van der Waals surface area (Å²) in [7, 11) is 0. The normalized spacial score (nSPS) is 15.1. The van der Waals surface area contributed by atoms with E-state index in [4.69, 9.17) is 15.9 Å². The van der Waals surface area contributed by atoms with Gasteiger partial charge in [-0.1, -0.05) is 12.6 Å². The molecule has 1 aromatic carbocycles. The standard InChI is InChI=1S/C23H21F2N7O2/c1-2-18(33)32-9-8-14(11-32)31-23-19(22(27)29-12-30-23)21(26)13-6-7-17(28-10-13)34-16-5-3-4-15(24)20(16)25/h2-7,10,12,14,26H,1,8-9,11H2,(H3,27,29,30,31)/t14-/m1/s1. The first-order chi connectivity index (χ1) is 16.4. The summed E-state index contributed by atoms with van der Waals surface area (Å²) in [5, 5.41) is 11.9. The fourth-order valence-electron chi connectivity index (χ4n) is 3.56. The highest BCUT2D eigenvalue weighted by molar-refractivity contribution is 6.16. The largest absolute Gasteiger partial charge is 0.436 e. The number of nitrogen functional groups attached to an aromatic ring is 1. The molecule has 0 radical (unpaired) electrons. The molecule has 11 heteroatoms. The lowest BCUT2D eigenvalue weighted by atomic mass is 10.0. The molecular weight excluding hydrogens is 444 g/mol. The first-order valence-corrected chi connectivity index (χ1v) is 10.3. The number of aromatic nitrogens is 3. The zero-order chi connectivity index (χ0) is 24.2. The Labute approximate surface area is 193 Å². The number of hydrogen-bond donors (Lipinski definition) is 3. The van der Waals surface area contributed by atoms with Gasteiger partial charge in [-0.05, 0) is 30.7 Å². The Hall–Kier alpha value is -4.41. The molecule has 0 saturated carbocycles. The second-order valence-corrected chi connectivity index (χ2v) is 7.51. The van der Waals surface area contributed by atoms with E-state index in [9.17, 15) is 13.6 Å². The summed E-state index contributed by atoms with van der Waals surface area (Å²) in [5.41, 5.74) is 6.73. The number of carbonyl (C=O) groups excluding carboxylic acids is 1. The van der Waals surface area contributed by atoms with Crippen molar-refractivity contribution in [3.8, 4) is 11.6 Å². The number of likely N-dealkylation sites (tertiary alicyclic amines) is 1. The molecule has 1 aliphatic rings. The van der Waals surface area contributed by atoms with E-state index in [1.165, 1.54) is 42.9 Å². The molecule has 9 nitrogen and oxygen atoms in total. The maximum absolute atomic E-state index is 13.8. The van der Waals surface area contributed by atoms with Gasteiger partial charge >= 0.3 is 0 Å². The third kappa shape index (κ3) is 4.68. The molecule has 34 heavy (non-hydrogen) atoms. The highest BCUT2D eigenvalue weighted by Gasteiger charge is 2.27. The van der Waals surface area contributed by atoms with E-state index in [-0.39, 0.29) is 40.7 Å². The number of anilines is 2. The molecule has 3 heterocycles. The molecule has 1 atom stereocenters. The van der Waals surface area contributed by atoms with E-state index in [1.54, 1.807) is 4.90 Å². The van der Waals surface area contributed by atoms with Crippen LogP contribution in [0.25, 0.3) is 0 Å². The maximum Gasteiger partial charge on any atom is 0.246 e. The molecule has 0 aliphatic carbocycles. The number of carbonyl (C=O) groups is 1. The number of nitrogens with two attached hydrogens (primary N) is 1. The fraction of sp³-hybridized carbons (Fsp3) is 0.174. The fourth-order valence-corrected chi connectivity index (χ4v) is 3.56. The molecule has 0 bridgehead atoms. The van der Waals surface area contributed by atoms with Crippen LogP contribution >= 0.6 is 0 Å². The van der Waals surface area contributed by atoms with Crippen molar-refractivity contribution in [3.63, 3.8) is 0 Å². The minimum Gasteiger partial charge on any atom is -0.436 e. The maximum atomic E-state index is 13.8. The van der Waals surface area contributed by atoms with Crippen LogP contribution in [0, 0.1) is 17.0 Å². The molecule has 0 spiro atoms. The van der Waals surface area contributed by atoms with Crippen molar-refractivity contribution >= 4 is 23.3 Å². The molecule has 3 aromatic rings. The van der Waals surface area contributed by atoms with E-state index in [0.717, 1.165) is 6.07 Å². The predicted molar refractivity (Wildman–Crippen MR) is 122 cm³/mol. The predicted octanol–water partition coefficient (Wildman–Crippen LogP) is 3.14. The van der Waals surface area contributed by atoms with Crippen molar-refractivity contribution in [1.82, 2.24) is 19.9 Å². The average molecular weight is 465 g/mol. The summed E-state index contributed by atoms with van der Waals surface area (Å²) < 4.78 is 32.5. The summed E-state index contributed by atoms with van der Waals surface area (Å²) in [4.78, 5) is 25.8. The summed E-state index contributed by atoms with van der Waals surface area (Å²) >= 11 is 0. The number of hydrogen-bond acceptors (Lipinski definition) is 8. The SMILES string of the molecule is C=CC(=O)N1CC[C@@H](Nc2ncnc(N)c2C(=N)c2ccc(Oc3cccc(F)c3F)nc2)C1. The van der Waals surface area contributed by atoms with Crippen molar-refractivity contribution in [3.05, 3.63) is 78.3 Å². The van der Waals surface area contributed by atoms with Crippen molar-refractivity contribution in [2.24, 2.45) is 0 Å². The van der Waals surface area contributed by atoms with Gasteiger partial charge in [-0.15, -0.1) is 0 Å². The summed E-state index contributed by atoms with van der Waals surface area (Å²) in [6.45, 7) is 4.55. The second-order valence-electron chi connectivity index (χ2n) is 7.51. The van der Waals surface area contributed by atoms with Gasteiger partial charge in [-0.3, -0.25) is 10.2 Å². The van der Waals surface area contributed by atoms with Crippen LogP contribution < -0.4 is 15.8 Å². The zero-order valence-electron chi connectivity index (χ0n) is 18.0. The minimum absolute atomic E-state index is 0.00797. The van der Waals surface area contributed by atoms with Crippen LogP contribution in [-0.4, -0.2) is 50.6 Å². The van der Waals surface area contributed by atoms with Crippen molar-refractivity contribution in [1.29, 1.82) is 5.41 Å².